The molecule has 0 spiro atoms. The molecular weight excluding hydrogens is 1690 g/mol. The van der Waals surface area contributed by atoms with Crippen molar-refractivity contribution in [3.63, 3.8) is 0 Å². The van der Waals surface area contributed by atoms with Gasteiger partial charge in [0.1, 0.15) is 46.0 Å². The molecule has 0 N–H and O–H groups in total. The molecule has 712 valence electrons. The first kappa shape index (κ1) is 103. The van der Waals surface area contributed by atoms with Crippen molar-refractivity contribution in [1.82, 2.24) is 0 Å². The maximum atomic E-state index is 6.41. The number of rotatable bonds is 44. The highest BCUT2D eigenvalue weighted by Gasteiger charge is 2.42. The molecule has 0 aliphatic carbocycles. The van der Waals surface area contributed by atoms with Crippen molar-refractivity contribution < 1.29 is 37.9 Å². The molecule has 0 bridgehead atoms. The van der Waals surface area contributed by atoms with Crippen LogP contribution in [0.5, 0.6) is 46.0 Å². The molecule has 9 heteroatoms. The minimum absolute atomic E-state index is 0.116. The first-order valence-electron chi connectivity index (χ1n) is 50.1. The van der Waals surface area contributed by atoms with Gasteiger partial charge in [-0.2, -0.15) is 0 Å². The zero-order valence-corrected chi connectivity index (χ0v) is 86.4. The summed E-state index contributed by atoms with van der Waals surface area (Å²) in [6.45, 7) is 49.1. The molecular formula is C128H148O8Si. The minimum atomic E-state index is -3.20. The van der Waals surface area contributed by atoms with Crippen molar-refractivity contribution in [2.45, 2.75) is 212 Å². The average Bonchev–Trinajstić information content (AvgIpc) is 0.728. The van der Waals surface area contributed by atoms with Crippen LogP contribution < -0.4 is 58.6 Å². The van der Waals surface area contributed by atoms with E-state index in [-0.39, 0.29) is 21.7 Å². The van der Waals surface area contributed by atoms with Gasteiger partial charge in [-0.05, 0) is 209 Å². The van der Waals surface area contributed by atoms with Gasteiger partial charge in [0.05, 0.1) is 52.9 Å². The van der Waals surface area contributed by atoms with Crippen LogP contribution in [-0.2, 0) is 21.7 Å². The monoisotopic (exact) mass is 1840 g/mol. The van der Waals surface area contributed by atoms with E-state index >= 15 is 0 Å². The van der Waals surface area contributed by atoms with Crippen molar-refractivity contribution in [2.24, 2.45) is 0 Å². The molecule has 0 fully saturated rings. The number of benzene rings is 12. The molecule has 0 aromatic heterocycles. The van der Waals surface area contributed by atoms with Gasteiger partial charge in [-0.1, -0.05) is 430 Å². The zero-order chi connectivity index (χ0) is 97.5. The fraction of sp³-hybridized carbons (Fsp3) is 0.312. The lowest BCUT2D eigenvalue weighted by molar-refractivity contribution is 0.300. The Hall–Kier alpha value is -12.8. The Morgan fingerprint density at radius 1 is 0.168 bits per heavy atom. The molecule has 0 unspecified atom stereocenters. The van der Waals surface area contributed by atoms with Crippen LogP contribution in [0.4, 0.5) is 0 Å². The van der Waals surface area contributed by atoms with Gasteiger partial charge in [0.25, 0.3) is 0 Å². The molecule has 0 aliphatic rings. The molecule has 12 aromatic rings. The molecule has 0 aliphatic heterocycles. The SMILES string of the molecule is CCCOc1cc(C(C)(C)C)c(OCCC)cc1/C=C/c1ccc(/C=C/c2ccc([Si](c3ccc(/C=C/c4ccc(/C=C/c5cc(OCCC)c(C(C)(C)C)cc5OCCC)cc4)cc3)(c3ccc(/C=C/c4ccc(/C=C/c5cc(OCCC)c(C(C)(C)C)cc5OCCC)cc4)cc3)c3ccc(/C=C/c4ccc(/C=C/c5cc(OCCC)c(C(C)(C)C)cc5OCCC)cc4)cc3)cc2)cc1. The molecule has 8 nitrogen and oxygen atoms in total. The highest BCUT2D eigenvalue weighted by atomic mass is 28.3. The molecule has 0 amide bonds. The highest BCUT2D eigenvalue weighted by Crippen LogP contribution is 2.43. The van der Waals surface area contributed by atoms with E-state index in [2.05, 4.69) is 478 Å². The second-order valence-corrected chi connectivity index (χ2v) is 43.7. The summed E-state index contributed by atoms with van der Waals surface area (Å²) in [5.41, 5.74) is 21.4. The molecule has 0 saturated heterocycles. The van der Waals surface area contributed by atoms with E-state index in [1.54, 1.807) is 0 Å². The van der Waals surface area contributed by atoms with Gasteiger partial charge >= 0.3 is 0 Å². The van der Waals surface area contributed by atoms with Gasteiger partial charge in [0.2, 0.25) is 0 Å². The smallest absolute Gasteiger partial charge is 0.179 e. The second-order valence-electron chi connectivity index (χ2n) is 39.9. The Labute approximate surface area is 822 Å². The van der Waals surface area contributed by atoms with Gasteiger partial charge in [0, 0.05) is 44.5 Å². The number of hydrogen-bond acceptors (Lipinski definition) is 8. The standard InChI is InChI=1S/C128H148O8Si/c1-21-77-129-117-89-113(125(9,10)11)121(133-81-25-5)85-105(117)65-53-97-41-29-93(30-42-97)37-49-101-57-69-109(70-58-101)137(110-71-59-102(60-72-110)50-38-94-31-43-98(44-32-94)54-66-106-86-122(134-82-26-6)114(126(12,13)14)90-118(106)130-78-22-2,111-73-61-103(62-74-111)51-39-95-33-45-99(46-34-95)55-67-107-87-123(135-83-27-7)115(127(15,16)17)91-119(107)131-79-23-3)112-75-63-104(64-76-112)52-40-96-35-47-100(48-36-96)56-68-108-88-124(136-84-28-8)116(128(18,19)20)92-120(108)132-80-24-4/h29-76,85-92H,21-28,77-84H2,1-20H3/b49-37+,50-38+,51-39+,52-40+,65-53+,66-54+,67-55+,68-56+. The van der Waals surface area contributed by atoms with Crippen LogP contribution in [0.2, 0.25) is 0 Å². The largest absolute Gasteiger partial charge is 0.493 e. The summed E-state index contributed by atoms with van der Waals surface area (Å²) in [6, 6.07) is 89.9. The fourth-order valence-electron chi connectivity index (χ4n) is 16.6. The quantitative estimate of drug-likeness (QED) is 0.0212. The summed E-state index contributed by atoms with van der Waals surface area (Å²) in [4.78, 5) is 0. The van der Waals surface area contributed by atoms with Gasteiger partial charge in [-0.25, -0.2) is 0 Å². The van der Waals surface area contributed by atoms with Crippen LogP contribution in [-0.4, -0.2) is 60.9 Å². The molecule has 0 radical (unpaired) electrons. The maximum absolute atomic E-state index is 6.41. The normalized spacial score (nSPS) is 12.5. The summed E-state index contributed by atoms with van der Waals surface area (Å²) in [5.74, 6) is 7.13. The lowest BCUT2D eigenvalue weighted by Crippen LogP contribution is -2.74. The Balaban J connectivity index is 0.899. The zero-order valence-electron chi connectivity index (χ0n) is 85.4. The predicted octanol–water partition coefficient (Wildman–Crippen LogP) is 31.9. The van der Waals surface area contributed by atoms with Crippen LogP contribution in [0.1, 0.15) is 301 Å². The Morgan fingerprint density at radius 3 is 0.423 bits per heavy atom. The second kappa shape index (κ2) is 49.3. The van der Waals surface area contributed by atoms with Gasteiger partial charge in [-0.3, -0.25) is 0 Å². The third-order valence-electron chi connectivity index (χ3n) is 24.2. The summed E-state index contributed by atoms with van der Waals surface area (Å²) < 4.78 is 51.2. The van der Waals surface area contributed by atoms with Crippen LogP contribution in [0.25, 0.3) is 97.2 Å². The molecule has 0 atom stereocenters. The molecule has 12 aromatic carbocycles. The van der Waals surface area contributed by atoms with Crippen LogP contribution in [0.3, 0.4) is 0 Å². The maximum Gasteiger partial charge on any atom is 0.179 e. The van der Waals surface area contributed by atoms with Crippen LogP contribution in [0, 0.1) is 0 Å². The van der Waals surface area contributed by atoms with E-state index < -0.39 is 8.07 Å². The van der Waals surface area contributed by atoms with Gasteiger partial charge in [-0.15, -0.1) is 0 Å². The topological polar surface area (TPSA) is 73.8 Å². The Kier molecular flexibility index (Phi) is 37.1. The van der Waals surface area contributed by atoms with E-state index in [4.69, 9.17) is 37.9 Å². The highest BCUT2D eigenvalue weighted by molar-refractivity contribution is 7.19. The Bertz CT molecular complexity index is 5370. The van der Waals surface area contributed by atoms with Crippen molar-refractivity contribution >= 4 is 126 Å². The van der Waals surface area contributed by atoms with Crippen molar-refractivity contribution in [3.8, 4) is 46.0 Å². The summed E-state index contributed by atoms with van der Waals surface area (Å²) >= 11 is 0. The lowest BCUT2D eigenvalue weighted by atomic mass is 9.85. The van der Waals surface area contributed by atoms with Crippen LogP contribution >= 0.6 is 0 Å². The van der Waals surface area contributed by atoms with Crippen molar-refractivity contribution in [2.75, 3.05) is 52.9 Å². The first-order chi connectivity index (χ1) is 66.0. The third kappa shape index (κ3) is 28.7. The molecule has 137 heavy (non-hydrogen) atoms. The number of ether oxygens (including phenoxy) is 8. The Morgan fingerprint density at radius 2 is 0.292 bits per heavy atom. The number of hydrogen-bond donors (Lipinski definition) is 0. The van der Waals surface area contributed by atoms with Gasteiger partial charge in [0.15, 0.2) is 8.07 Å². The van der Waals surface area contributed by atoms with Crippen LogP contribution in [0.15, 0.2) is 243 Å². The van der Waals surface area contributed by atoms with E-state index in [1.807, 2.05) is 0 Å². The van der Waals surface area contributed by atoms with Crippen molar-refractivity contribution in [3.05, 3.63) is 354 Å². The summed E-state index contributed by atoms with van der Waals surface area (Å²) in [6.07, 6.45) is 42.5. The minimum Gasteiger partial charge on any atom is -0.493 e. The molecule has 12 rings (SSSR count). The first-order valence-corrected chi connectivity index (χ1v) is 52.1. The fourth-order valence-corrected chi connectivity index (χ4v) is 21.3. The van der Waals surface area contributed by atoms with E-state index in [0.717, 1.165) is 209 Å². The van der Waals surface area contributed by atoms with E-state index in [1.165, 1.54) is 20.7 Å². The van der Waals surface area contributed by atoms with E-state index in [9.17, 15) is 0 Å². The third-order valence-corrected chi connectivity index (χ3v) is 29.0. The lowest BCUT2D eigenvalue weighted by Gasteiger charge is -2.35. The average molecular weight is 1840 g/mol. The molecule has 0 heterocycles. The van der Waals surface area contributed by atoms with E-state index in [0.29, 0.717) is 52.9 Å². The summed E-state index contributed by atoms with van der Waals surface area (Å²) in [5, 5.41) is 5.07. The summed E-state index contributed by atoms with van der Waals surface area (Å²) in [7, 11) is -3.20. The predicted molar refractivity (Wildman–Crippen MR) is 594 cm³/mol. The van der Waals surface area contributed by atoms with Gasteiger partial charge < -0.3 is 37.9 Å². The van der Waals surface area contributed by atoms with Crippen molar-refractivity contribution in [1.29, 1.82) is 0 Å². The molecule has 0 saturated carbocycles.